The van der Waals surface area contributed by atoms with Crippen LogP contribution in [0.3, 0.4) is 0 Å². The Kier molecular flexibility index (Phi) is 6.33. The van der Waals surface area contributed by atoms with Gasteiger partial charge in [0.15, 0.2) is 6.10 Å². The molecule has 0 aliphatic heterocycles. The van der Waals surface area contributed by atoms with Crippen LogP contribution in [0, 0.1) is 10.1 Å². The SMILES string of the molecule is CCN(CCC(Oc1ccc([N+](=O)[O-])cc1)C(=O)O)c1ccccc1. The molecule has 1 N–H and O–H groups in total. The van der Waals surface area contributed by atoms with Crippen molar-refractivity contribution in [2.75, 3.05) is 18.0 Å². The number of hydrogen-bond acceptors (Lipinski definition) is 5. The van der Waals surface area contributed by atoms with E-state index in [-0.39, 0.29) is 12.1 Å². The summed E-state index contributed by atoms with van der Waals surface area (Å²) in [4.78, 5) is 23.7. The van der Waals surface area contributed by atoms with Crippen LogP contribution in [-0.4, -0.2) is 35.2 Å². The van der Waals surface area contributed by atoms with Crippen LogP contribution in [0.2, 0.25) is 0 Å². The van der Waals surface area contributed by atoms with Crippen LogP contribution in [0.4, 0.5) is 11.4 Å². The first kappa shape index (κ1) is 18.3. The maximum Gasteiger partial charge on any atom is 0.344 e. The minimum atomic E-state index is -1.07. The Morgan fingerprint density at radius 2 is 1.84 bits per heavy atom. The number of aliphatic carboxylic acids is 1. The lowest BCUT2D eigenvalue weighted by atomic mass is 10.2. The van der Waals surface area contributed by atoms with Gasteiger partial charge in [-0.2, -0.15) is 0 Å². The zero-order valence-electron chi connectivity index (χ0n) is 13.9. The number of nitrogens with zero attached hydrogens (tertiary/aromatic N) is 2. The van der Waals surface area contributed by atoms with Gasteiger partial charge in [0.2, 0.25) is 0 Å². The Balaban J connectivity index is 2.00. The molecule has 7 heteroatoms. The summed E-state index contributed by atoms with van der Waals surface area (Å²) in [5.41, 5.74) is 0.949. The van der Waals surface area contributed by atoms with Gasteiger partial charge in [-0.3, -0.25) is 10.1 Å². The molecular formula is C18H20N2O5. The lowest BCUT2D eigenvalue weighted by Gasteiger charge is -2.25. The molecule has 0 aliphatic rings. The highest BCUT2D eigenvalue weighted by Gasteiger charge is 2.21. The Labute approximate surface area is 145 Å². The Morgan fingerprint density at radius 1 is 1.20 bits per heavy atom. The third-order valence-corrected chi connectivity index (χ3v) is 3.77. The van der Waals surface area contributed by atoms with Crippen molar-refractivity contribution in [1.29, 1.82) is 0 Å². The van der Waals surface area contributed by atoms with Crippen molar-refractivity contribution in [3.8, 4) is 5.75 Å². The van der Waals surface area contributed by atoms with Gasteiger partial charge in [0.1, 0.15) is 5.75 Å². The summed E-state index contributed by atoms with van der Waals surface area (Å²) in [5, 5.41) is 20.0. The minimum absolute atomic E-state index is 0.0690. The maximum absolute atomic E-state index is 11.5. The summed E-state index contributed by atoms with van der Waals surface area (Å²) in [6.07, 6.45) is -0.742. The van der Waals surface area contributed by atoms with Crippen molar-refractivity contribution in [2.24, 2.45) is 0 Å². The second-order valence-corrected chi connectivity index (χ2v) is 5.40. The molecule has 132 valence electrons. The highest BCUT2D eigenvalue weighted by molar-refractivity contribution is 5.72. The fourth-order valence-electron chi connectivity index (χ4n) is 2.43. The van der Waals surface area contributed by atoms with E-state index in [1.54, 1.807) is 0 Å². The molecule has 2 aromatic carbocycles. The minimum Gasteiger partial charge on any atom is -0.479 e. The number of carboxylic acid groups (broad SMARTS) is 1. The standard InChI is InChI=1S/C18H20N2O5/c1-2-19(14-6-4-3-5-7-14)13-12-17(18(21)22)25-16-10-8-15(9-11-16)20(23)24/h3-11,17H,2,12-13H2,1H3,(H,21,22). The number of non-ortho nitro benzene ring substituents is 1. The van der Waals surface area contributed by atoms with E-state index in [0.29, 0.717) is 12.3 Å². The van der Waals surface area contributed by atoms with E-state index in [4.69, 9.17) is 4.74 Å². The fraction of sp³-hybridized carbons (Fsp3) is 0.278. The molecule has 1 unspecified atom stereocenters. The van der Waals surface area contributed by atoms with Gasteiger partial charge < -0.3 is 14.7 Å². The molecule has 1 atom stereocenters. The van der Waals surface area contributed by atoms with Crippen molar-refractivity contribution in [3.05, 3.63) is 64.7 Å². The monoisotopic (exact) mass is 344 g/mol. The van der Waals surface area contributed by atoms with E-state index in [1.165, 1.54) is 24.3 Å². The van der Waals surface area contributed by atoms with E-state index in [0.717, 1.165) is 12.2 Å². The molecular weight excluding hydrogens is 324 g/mol. The van der Waals surface area contributed by atoms with Gasteiger partial charge in [0.25, 0.3) is 5.69 Å². The van der Waals surface area contributed by atoms with E-state index in [1.807, 2.05) is 37.3 Å². The van der Waals surface area contributed by atoms with Crippen molar-refractivity contribution < 1.29 is 19.6 Å². The number of hydrogen-bond donors (Lipinski definition) is 1. The second kappa shape index (κ2) is 8.68. The van der Waals surface area contributed by atoms with Gasteiger partial charge in [-0.15, -0.1) is 0 Å². The average Bonchev–Trinajstić information content (AvgIpc) is 2.62. The first-order valence-corrected chi connectivity index (χ1v) is 7.95. The lowest BCUT2D eigenvalue weighted by molar-refractivity contribution is -0.384. The van der Waals surface area contributed by atoms with Crippen LogP contribution in [-0.2, 0) is 4.79 Å². The van der Waals surface area contributed by atoms with Crippen LogP contribution in [0.25, 0.3) is 0 Å². The summed E-state index contributed by atoms with van der Waals surface area (Å²) in [6, 6.07) is 15.1. The molecule has 0 saturated carbocycles. The van der Waals surface area contributed by atoms with Crippen molar-refractivity contribution >= 4 is 17.3 Å². The first-order valence-electron chi connectivity index (χ1n) is 7.95. The summed E-state index contributed by atoms with van der Waals surface area (Å²) in [5.74, 6) is -0.775. The number of rotatable bonds is 9. The van der Waals surface area contributed by atoms with Gasteiger partial charge in [0.05, 0.1) is 4.92 Å². The number of nitro benzene ring substituents is 1. The Hall–Kier alpha value is -3.09. The number of para-hydroxylation sites is 1. The van der Waals surface area contributed by atoms with Gasteiger partial charge in [0, 0.05) is 37.3 Å². The number of carbonyl (C=O) groups is 1. The van der Waals surface area contributed by atoms with E-state index >= 15 is 0 Å². The summed E-state index contributed by atoms with van der Waals surface area (Å²) in [7, 11) is 0. The second-order valence-electron chi connectivity index (χ2n) is 5.40. The third kappa shape index (κ3) is 5.20. The zero-order valence-corrected chi connectivity index (χ0v) is 13.9. The van der Waals surface area contributed by atoms with Crippen LogP contribution >= 0.6 is 0 Å². The zero-order chi connectivity index (χ0) is 18.2. The third-order valence-electron chi connectivity index (χ3n) is 3.77. The Bertz CT molecular complexity index is 703. The lowest BCUT2D eigenvalue weighted by Crippen LogP contribution is -2.33. The smallest absolute Gasteiger partial charge is 0.344 e. The van der Waals surface area contributed by atoms with Crippen molar-refractivity contribution in [2.45, 2.75) is 19.4 Å². The van der Waals surface area contributed by atoms with Crippen LogP contribution < -0.4 is 9.64 Å². The van der Waals surface area contributed by atoms with E-state index in [2.05, 4.69) is 4.90 Å². The molecule has 0 amide bonds. The molecule has 0 radical (unpaired) electrons. The van der Waals surface area contributed by atoms with E-state index < -0.39 is 17.0 Å². The summed E-state index contributed by atoms with van der Waals surface area (Å²) >= 11 is 0. The van der Waals surface area contributed by atoms with Crippen LogP contribution in [0.15, 0.2) is 54.6 Å². The first-order chi connectivity index (χ1) is 12.0. The largest absolute Gasteiger partial charge is 0.479 e. The summed E-state index contributed by atoms with van der Waals surface area (Å²) in [6.45, 7) is 3.26. The molecule has 0 aliphatic carbocycles. The van der Waals surface area contributed by atoms with Crippen LogP contribution in [0.5, 0.6) is 5.75 Å². The number of nitro groups is 1. The molecule has 7 nitrogen and oxygen atoms in total. The fourth-order valence-corrected chi connectivity index (χ4v) is 2.43. The summed E-state index contributed by atoms with van der Waals surface area (Å²) < 4.78 is 5.49. The molecule has 0 fully saturated rings. The van der Waals surface area contributed by atoms with E-state index in [9.17, 15) is 20.0 Å². The quantitative estimate of drug-likeness (QED) is 0.554. The van der Waals surface area contributed by atoms with Crippen molar-refractivity contribution in [3.63, 3.8) is 0 Å². The van der Waals surface area contributed by atoms with Gasteiger partial charge >= 0.3 is 5.97 Å². The molecule has 0 aromatic heterocycles. The molecule has 0 heterocycles. The highest BCUT2D eigenvalue weighted by Crippen LogP contribution is 2.20. The van der Waals surface area contributed by atoms with Gasteiger partial charge in [-0.05, 0) is 31.2 Å². The maximum atomic E-state index is 11.5. The van der Waals surface area contributed by atoms with Gasteiger partial charge in [-0.25, -0.2) is 4.79 Å². The predicted octanol–water partition coefficient (Wildman–Crippen LogP) is 3.34. The Morgan fingerprint density at radius 3 is 2.36 bits per heavy atom. The topological polar surface area (TPSA) is 92.9 Å². The number of benzene rings is 2. The number of ether oxygens (including phenoxy) is 1. The predicted molar refractivity (Wildman–Crippen MR) is 94.1 cm³/mol. The molecule has 0 spiro atoms. The molecule has 0 saturated heterocycles. The molecule has 25 heavy (non-hydrogen) atoms. The number of anilines is 1. The molecule has 2 aromatic rings. The molecule has 2 rings (SSSR count). The average molecular weight is 344 g/mol. The number of carboxylic acids is 1. The van der Waals surface area contributed by atoms with Gasteiger partial charge in [-0.1, -0.05) is 18.2 Å². The highest BCUT2D eigenvalue weighted by atomic mass is 16.6. The van der Waals surface area contributed by atoms with Crippen molar-refractivity contribution in [1.82, 2.24) is 0 Å². The normalized spacial score (nSPS) is 11.6. The van der Waals surface area contributed by atoms with Crippen LogP contribution in [0.1, 0.15) is 13.3 Å². The molecule has 0 bridgehead atoms.